The maximum atomic E-state index is 9.64. The van der Waals surface area contributed by atoms with Crippen LogP contribution < -0.4 is 5.32 Å². The number of aliphatic hydroxyl groups is 1. The molecule has 0 radical (unpaired) electrons. The summed E-state index contributed by atoms with van der Waals surface area (Å²) in [6.45, 7) is 7.65. The van der Waals surface area contributed by atoms with E-state index in [2.05, 4.69) is 56.4 Å². The third kappa shape index (κ3) is 3.22. The molecular formula is C17H25NOS. The number of benzene rings is 1. The number of aliphatic hydroxyl groups excluding tert-OH is 1. The first-order chi connectivity index (χ1) is 9.64. The maximum Gasteiger partial charge on any atom is 0.0499 e. The average Bonchev–Trinajstić information content (AvgIpc) is 2.93. The highest BCUT2D eigenvalue weighted by Crippen LogP contribution is 2.31. The lowest BCUT2D eigenvalue weighted by atomic mass is 9.83. The zero-order valence-electron chi connectivity index (χ0n) is 12.6. The standard InChI is InChI=1S/C17H25NOS/c1-4-17(5-2,12-19)11-18-13(3)16-10-14-8-6-7-9-15(14)20-16/h6-10,13,18-19H,4-5,11-12H2,1-3H3. The second kappa shape index (κ2) is 6.70. The predicted molar refractivity (Wildman–Crippen MR) is 88.3 cm³/mol. The van der Waals surface area contributed by atoms with Gasteiger partial charge in [-0.05, 0) is 37.3 Å². The number of hydrogen-bond acceptors (Lipinski definition) is 3. The first-order valence-electron chi connectivity index (χ1n) is 7.47. The number of nitrogens with one attached hydrogen (secondary N) is 1. The fourth-order valence-corrected chi connectivity index (χ4v) is 3.56. The van der Waals surface area contributed by atoms with Crippen LogP contribution in [0.5, 0.6) is 0 Å². The Morgan fingerprint density at radius 2 is 1.95 bits per heavy atom. The first kappa shape index (κ1) is 15.5. The first-order valence-corrected chi connectivity index (χ1v) is 8.28. The molecule has 0 fully saturated rings. The molecule has 1 aromatic carbocycles. The number of thiophene rings is 1. The molecule has 20 heavy (non-hydrogen) atoms. The van der Waals surface area contributed by atoms with Crippen LogP contribution in [0.15, 0.2) is 30.3 Å². The summed E-state index contributed by atoms with van der Waals surface area (Å²) in [7, 11) is 0. The molecule has 2 N–H and O–H groups in total. The SMILES string of the molecule is CCC(CC)(CO)CNC(C)c1cc2ccccc2s1. The van der Waals surface area contributed by atoms with E-state index in [9.17, 15) is 5.11 Å². The molecule has 3 heteroatoms. The fourth-order valence-electron chi connectivity index (χ4n) is 2.47. The van der Waals surface area contributed by atoms with Gasteiger partial charge >= 0.3 is 0 Å². The van der Waals surface area contributed by atoms with E-state index in [0.29, 0.717) is 6.04 Å². The zero-order valence-corrected chi connectivity index (χ0v) is 13.5. The van der Waals surface area contributed by atoms with Crippen molar-refractivity contribution in [3.8, 4) is 0 Å². The highest BCUT2D eigenvalue weighted by atomic mass is 32.1. The van der Waals surface area contributed by atoms with Crippen LogP contribution in [0.1, 0.15) is 44.5 Å². The molecular weight excluding hydrogens is 266 g/mol. The average molecular weight is 291 g/mol. The largest absolute Gasteiger partial charge is 0.396 e. The summed E-state index contributed by atoms with van der Waals surface area (Å²) in [5, 5.41) is 14.6. The van der Waals surface area contributed by atoms with Crippen molar-refractivity contribution in [3.63, 3.8) is 0 Å². The zero-order chi connectivity index (χ0) is 14.6. The molecule has 2 nitrogen and oxygen atoms in total. The van der Waals surface area contributed by atoms with Gasteiger partial charge in [-0.25, -0.2) is 0 Å². The molecule has 0 bridgehead atoms. The van der Waals surface area contributed by atoms with Crippen LogP contribution in [0.2, 0.25) is 0 Å². The normalized spacial score (nSPS) is 13.8. The van der Waals surface area contributed by atoms with Gasteiger partial charge in [0.25, 0.3) is 0 Å². The molecule has 0 saturated heterocycles. The quantitative estimate of drug-likeness (QED) is 0.795. The summed E-state index contributed by atoms with van der Waals surface area (Å²) < 4.78 is 1.34. The van der Waals surface area contributed by atoms with Gasteiger partial charge in [-0.1, -0.05) is 32.0 Å². The molecule has 0 aliphatic rings. The van der Waals surface area contributed by atoms with Gasteiger partial charge in [0, 0.05) is 34.2 Å². The molecule has 1 heterocycles. The molecule has 110 valence electrons. The van der Waals surface area contributed by atoms with Crippen molar-refractivity contribution in [2.75, 3.05) is 13.2 Å². The maximum absolute atomic E-state index is 9.64. The van der Waals surface area contributed by atoms with E-state index in [-0.39, 0.29) is 12.0 Å². The highest BCUT2D eigenvalue weighted by Gasteiger charge is 2.25. The molecule has 1 unspecified atom stereocenters. The van der Waals surface area contributed by atoms with Gasteiger partial charge in [0.2, 0.25) is 0 Å². The minimum Gasteiger partial charge on any atom is -0.396 e. The topological polar surface area (TPSA) is 32.3 Å². The Morgan fingerprint density at radius 1 is 1.25 bits per heavy atom. The van der Waals surface area contributed by atoms with E-state index in [1.165, 1.54) is 15.0 Å². The van der Waals surface area contributed by atoms with Gasteiger partial charge in [-0.15, -0.1) is 11.3 Å². The van der Waals surface area contributed by atoms with Gasteiger partial charge in [0.15, 0.2) is 0 Å². The van der Waals surface area contributed by atoms with Crippen molar-refractivity contribution in [3.05, 3.63) is 35.2 Å². The second-order valence-electron chi connectivity index (χ2n) is 5.65. The summed E-state index contributed by atoms with van der Waals surface area (Å²) >= 11 is 1.85. The lowest BCUT2D eigenvalue weighted by Gasteiger charge is -2.31. The smallest absolute Gasteiger partial charge is 0.0499 e. The highest BCUT2D eigenvalue weighted by molar-refractivity contribution is 7.19. The van der Waals surface area contributed by atoms with E-state index < -0.39 is 0 Å². The van der Waals surface area contributed by atoms with Crippen molar-refractivity contribution < 1.29 is 5.11 Å². The van der Waals surface area contributed by atoms with E-state index in [4.69, 9.17) is 0 Å². The lowest BCUT2D eigenvalue weighted by molar-refractivity contribution is 0.110. The Morgan fingerprint density at radius 3 is 2.55 bits per heavy atom. The second-order valence-corrected chi connectivity index (χ2v) is 6.77. The fraction of sp³-hybridized carbons (Fsp3) is 0.529. The predicted octanol–water partition coefficient (Wildman–Crippen LogP) is 4.35. The van der Waals surface area contributed by atoms with Gasteiger partial charge in [-0.3, -0.25) is 0 Å². The molecule has 0 aliphatic carbocycles. The van der Waals surface area contributed by atoms with Gasteiger partial charge in [0.1, 0.15) is 0 Å². The lowest BCUT2D eigenvalue weighted by Crippen LogP contribution is -2.37. The van der Waals surface area contributed by atoms with Crippen molar-refractivity contribution in [1.29, 1.82) is 0 Å². The molecule has 0 aliphatic heterocycles. The Labute approximate surface area is 125 Å². The van der Waals surface area contributed by atoms with Crippen LogP contribution in [-0.2, 0) is 0 Å². The van der Waals surface area contributed by atoms with Gasteiger partial charge < -0.3 is 10.4 Å². The molecule has 2 aromatic rings. The summed E-state index contributed by atoms with van der Waals surface area (Å²) in [5.41, 5.74) is 0.0188. The van der Waals surface area contributed by atoms with Crippen molar-refractivity contribution in [2.45, 2.75) is 39.7 Å². The van der Waals surface area contributed by atoms with E-state index in [0.717, 1.165) is 19.4 Å². The minimum atomic E-state index is 0.0188. The van der Waals surface area contributed by atoms with Gasteiger partial charge in [0.05, 0.1) is 0 Å². The minimum absolute atomic E-state index is 0.0188. The number of rotatable bonds is 7. The van der Waals surface area contributed by atoms with Crippen molar-refractivity contribution in [2.24, 2.45) is 5.41 Å². The van der Waals surface area contributed by atoms with E-state index in [1.54, 1.807) is 0 Å². The summed E-state index contributed by atoms with van der Waals surface area (Å²) in [4.78, 5) is 1.37. The third-order valence-electron chi connectivity index (χ3n) is 4.49. The Hall–Kier alpha value is -0.900. The monoisotopic (exact) mass is 291 g/mol. The number of hydrogen-bond donors (Lipinski definition) is 2. The molecule has 0 spiro atoms. The summed E-state index contributed by atoms with van der Waals surface area (Å²) in [6, 6.07) is 11.1. The van der Waals surface area contributed by atoms with Crippen LogP contribution in [0.3, 0.4) is 0 Å². The van der Waals surface area contributed by atoms with E-state index >= 15 is 0 Å². The number of fused-ring (bicyclic) bond motifs is 1. The molecule has 0 saturated carbocycles. The van der Waals surface area contributed by atoms with Crippen LogP contribution in [-0.4, -0.2) is 18.3 Å². The van der Waals surface area contributed by atoms with Crippen LogP contribution in [0, 0.1) is 5.41 Å². The Kier molecular flexibility index (Phi) is 5.19. The van der Waals surface area contributed by atoms with Crippen LogP contribution in [0.4, 0.5) is 0 Å². The molecule has 1 aromatic heterocycles. The van der Waals surface area contributed by atoms with Gasteiger partial charge in [-0.2, -0.15) is 0 Å². The summed E-state index contributed by atoms with van der Waals surface area (Å²) in [6.07, 6.45) is 2.01. The molecule has 2 rings (SSSR count). The van der Waals surface area contributed by atoms with E-state index in [1.807, 2.05) is 11.3 Å². The Bertz CT molecular complexity index is 503. The summed E-state index contributed by atoms with van der Waals surface area (Å²) in [5.74, 6) is 0. The Balaban J connectivity index is 2.06. The molecule has 0 amide bonds. The van der Waals surface area contributed by atoms with Crippen LogP contribution >= 0.6 is 11.3 Å². The van der Waals surface area contributed by atoms with Crippen LogP contribution in [0.25, 0.3) is 10.1 Å². The third-order valence-corrected chi connectivity index (χ3v) is 5.79. The van der Waals surface area contributed by atoms with Crippen molar-refractivity contribution >= 4 is 21.4 Å². The van der Waals surface area contributed by atoms with Crippen molar-refractivity contribution in [1.82, 2.24) is 5.32 Å². The molecule has 1 atom stereocenters.